The summed E-state index contributed by atoms with van der Waals surface area (Å²) in [5.41, 5.74) is 0.920. The second-order valence-electron chi connectivity index (χ2n) is 7.15. The van der Waals surface area contributed by atoms with Gasteiger partial charge in [0.2, 0.25) is 0 Å². The lowest BCUT2D eigenvalue weighted by molar-refractivity contribution is 0.0726. The number of carbonyl (C=O) groups excluding carboxylic acids is 1. The van der Waals surface area contributed by atoms with Crippen molar-refractivity contribution in [3.05, 3.63) is 33.7 Å². The number of ketones is 1. The summed E-state index contributed by atoms with van der Waals surface area (Å²) in [6, 6.07) is 3.22. The molecule has 3 atom stereocenters. The number of carbonyl (C=O) groups is 1. The molecule has 146 valence electrons. The predicted octanol–water partition coefficient (Wildman–Crippen LogP) is 3.76. The average Bonchev–Trinajstić information content (AvgIpc) is 2.59. The van der Waals surface area contributed by atoms with E-state index in [9.17, 15) is 9.59 Å². The summed E-state index contributed by atoms with van der Waals surface area (Å²) in [5.74, 6) is 0.534. The van der Waals surface area contributed by atoms with Crippen LogP contribution in [0.3, 0.4) is 0 Å². The van der Waals surface area contributed by atoms with Crippen molar-refractivity contribution in [2.24, 2.45) is 5.92 Å². The number of hydrogen-bond acceptors (Lipinski definition) is 6. The Morgan fingerprint density at radius 2 is 1.96 bits per heavy atom. The van der Waals surface area contributed by atoms with Crippen molar-refractivity contribution in [3.63, 3.8) is 0 Å². The lowest BCUT2D eigenvalue weighted by Crippen LogP contribution is -2.34. The zero-order valence-electron chi connectivity index (χ0n) is 16.5. The molecule has 0 spiro atoms. The number of methoxy groups -OCH3 is 1. The van der Waals surface area contributed by atoms with Crippen LogP contribution in [0.25, 0.3) is 11.0 Å². The molecule has 1 aromatic heterocycles. The van der Waals surface area contributed by atoms with Crippen LogP contribution in [0.1, 0.15) is 50.0 Å². The molecule has 6 nitrogen and oxygen atoms in total. The van der Waals surface area contributed by atoms with E-state index < -0.39 is 5.63 Å². The topological polar surface area (TPSA) is 75.0 Å². The Bertz CT molecular complexity index is 913. The van der Waals surface area contributed by atoms with Gasteiger partial charge in [0, 0.05) is 19.2 Å². The molecule has 6 heteroatoms. The number of fused-ring (bicyclic) bond motifs is 3. The number of rotatable bonds is 6. The normalized spacial score (nSPS) is 20.3. The first-order valence-electron chi connectivity index (χ1n) is 9.37. The van der Waals surface area contributed by atoms with Gasteiger partial charge in [-0.25, -0.2) is 4.79 Å². The van der Waals surface area contributed by atoms with Crippen LogP contribution >= 0.6 is 0 Å². The molecule has 1 aliphatic rings. The first-order valence-corrected chi connectivity index (χ1v) is 9.37. The molecule has 0 aliphatic carbocycles. The van der Waals surface area contributed by atoms with Gasteiger partial charge in [-0.05, 0) is 25.8 Å². The van der Waals surface area contributed by atoms with Crippen LogP contribution in [0.15, 0.2) is 21.3 Å². The fraction of sp³-hybridized carbons (Fsp3) is 0.524. The van der Waals surface area contributed by atoms with Crippen LogP contribution in [0.2, 0.25) is 0 Å². The third-order valence-electron chi connectivity index (χ3n) is 4.95. The van der Waals surface area contributed by atoms with Crippen LogP contribution in [0.5, 0.6) is 11.5 Å². The summed E-state index contributed by atoms with van der Waals surface area (Å²) >= 11 is 0. The highest BCUT2D eigenvalue weighted by molar-refractivity contribution is 6.12. The van der Waals surface area contributed by atoms with E-state index in [1.54, 1.807) is 13.2 Å². The average molecular weight is 374 g/mol. The predicted molar refractivity (Wildman–Crippen MR) is 102 cm³/mol. The minimum atomic E-state index is -0.477. The van der Waals surface area contributed by atoms with Crippen molar-refractivity contribution in [1.82, 2.24) is 0 Å². The largest absolute Gasteiger partial charge is 0.489 e. The Morgan fingerprint density at radius 3 is 2.63 bits per heavy atom. The van der Waals surface area contributed by atoms with Gasteiger partial charge in [-0.2, -0.15) is 0 Å². The van der Waals surface area contributed by atoms with Crippen molar-refractivity contribution in [3.8, 4) is 11.5 Å². The summed E-state index contributed by atoms with van der Waals surface area (Å²) in [7, 11) is 1.61. The van der Waals surface area contributed by atoms with E-state index in [-0.39, 0.29) is 29.5 Å². The van der Waals surface area contributed by atoms with Gasteiger partial charge in [-0.1, -0.05) is 20.3 Å². The number of hydrogen-bond donors (Lipinski definition) is 0. The smallest absolute Gasteiger partial charge is 0.336 e. The van der Waals surface area contributed by atoms with E-state index in [1.165, 1.54) is 6.07 Å². The second kappa shape index (κ2) is 7.72. The number of benzene rings is 1. The Hall–Kier alpha value is -2.34. The van der Waals surface area contributed by atoms with Gasteiger partial charge in [0.25, 0.3) is 0 Å². The monoisotopic (exact) mass is 374 g/mol. The highest BCUT2D eigenvalue weighted by Gasteiger charge is 2.35. The Labute approximate surface area is 158 Å². The minimum absolute atomic E-state index is 0.0814. The van der Waals surface area contributed by atoms with Gasteiger partial charge in [0.05, 0.1) is 17.9 Å². The molecule has 1 aliphatic heterocycles. The van der Waals surface area contributed by atoms with Crippen LogP contribution in [-0.2, 0) is 11.2 Å². The number of aryl methyl sites for hydroxylation is 1. The molecule has 0 saturated heterocycles. The molecule has 1 unspecified atom stereocenters. The Morgan fingerprint density at radius 1 is 1.22 bits per heavy atom. The summed E-state index contributed by atoms with van der Waals surface area (Å²) in [4.78, 5) is 25.1. The van der Waals surface area contributed by atoms with Gasteiger partial charge in [-0.3, -0.25) is 4.79 Å². The van der Waals surface area contributed by atoms with Gasteiger partial charge < -0.3 is 18.6 Å². The summed E-state index contributed by atoms with van der Waals surface area (Å²) in [6.07, 6.45) is 1.04. The van der Waals surface area contributed by atoms with E-state index in [0.717, 1.165) is 12.0 Å². The summed E-state index contributed by atoms with van der Waals surface area (Å²) < 4.78 is 22.7. The molecule has 3 rings (SSSR count). The quantitative estimate of drug-likeness (QED) is 0.717. The van der Waals surface area contributed by atoms with Crippen molar-refractivity contribution >= 4 is 16.8 Å². The summed E-state index contributed by atoms with van der Waals surface area (Å²) in [6.45, 7) is 8.01. The maximum absolute atomic E-state index is 13.0. The maximum Gasteiger partial charge on any atom is 0.336 e. The molecule has 0 amide bonds. The van der Waals surface area contributed by atoms with E-state index >= 15 is 0 Å². The zero-order valence-corrected chi connectivity index (χ0v) is 16.5. The zero-order chi connectivity index (χ0) is 19.7. The highest BCUT2D eigenvalue weighted by Crippen LogP contribution is 2.42. The fourth-order valence-corrected chi connectivity index (χ4v) is 3.48. The Kier molecular flexibility index (Phi) is 5.56. The molecule has 0 bridgehead atoms. The van der Waals surface area contributed by atoms with E-state index in [1.807, 2.05) is 27.7 Å². The SMILES string of the molecule is CCCc1cc(=O)oc2c3c(cc(OC(C)COC)c12)O[C@H](C)[C@@H](C)C3=O. The highest BCUT2D eigenvalue weighted by atomic mass is 16.5. The minimum Gasteiger partial charge on any atom is -0.489 e. The van der Waals surface area contributed by atoms with Gasteiger partial charge in [-0.15, -0.1) is 0 Å². The van der Waals surface area contributed by atoms with Crippen molar-refractivity contribution in [2.75, 3.05) is 13.7 Å². The van der Waals surface area contributed by atoms with Crippen molar-refractivity contribution in [1.29, 1.82) is 0 Å². The molecular formula is C21H26O6. The van der Waals surface area contributed by atoms with Gasteiger partial charge >= 0.3 is 5.63 Å². The van der Waals surface area contributed by atoms with Crippen molar-refractivity contribution < 1.29 is 23.4 Å². The third-order valence-corrected chi connectivity index (χ3v) is 4.95. The second-order valence-corrected chi connectivity index (χ2v) is 7.15. The van der Waals surface area contributed by atoms with E-state index in [0.29, 0.717) is 35.5 Å². The lowest BCUT2D eigenvalue weighted by Gasteiger charge is -2.29. The molecule has 1 aromatic carbocycles. The summed E-state index contributed by atoms with van der Waals surface area (Å²) in [5, 5.41) is 0.664. The van der Waals surface area contributed by atoms with Crippen LogP contribution in [0, 0.1) is 5.92 Å². The van der Waals surface area contributed by atoms with Crippen LogP contribution in [-0.4, -0.2) is 31.7 Å². The lowest BCUT2D eigenvalue weighted by atomic mass is 9.89. The molecule has 0 fully saturated rings. The standard InChI is InChI=1S/C21H26O6/c1-6-7-14-8-17(22)27-21-18(14)15(25-11(2)10-24-5)9-16-19(21)20(23)12(3)13(4)26-16/h8-9,11-13H,6-7,10H2,1-5H3/t11?,12-,13-/m1/s1. The van der Waals surface area contributed by atoms with E-state index in [4.69, 9.17) is 18.6 Å². The van der Waals surface area contributed by atoms with E-state index in [2.05, 4.69) is 0 Å². The van der Waals surface area contributed by atoms with Crippen LogP contribution < -0.4 is 15.1 Å². The molecule has 0 N–H and O–H groups in total. The third kappa shape index (κ3) is 3.58. The molecule has 0 radical (unpaired) electrons. The molecule has 2 aromatic rings. The van der Waals surface area contributed by atoms with Crippen molar-refractivity contribution in [2.45, 2.75) is 52.7 Å². The van der Waals surface area contributed by atoms with Crippen LogP contribution in [0.4, 0.5) is 0 Å². The molecule has 2 heterocycles. The fourth-order valence-electron chi connectivity index (χ4n) is 3.48. The first-order chi connectivity index (χ1) is 12.9. The Balaban J connectivity index is 2.31. The molecular weight excluding hydrogens is 348 g/mol. The van der Waals surface area contributed by atoms with Gasteiger partial charge in [0.1, 0.15) is 29.3 Å². The first kappa shape index (κ1) is 19.4. The molecule has 0 saturated carbocycles. The molecule has 27 heavy (non-hydrogen) atoms. The van der Waals surface area contributed by atoms with Gasteiger partial charge in [0.15, 0.2) is 11.4 Å². The number of ether oxygens (including phenoxy) is 3. The number of Topliss-reactive ketones (excluding diaryl/α,β-unsaturated/α-hetero) is 1. The maximum atomic E-state index is 13.0.